The molecule has 6 heteroatoms. The van der Waals surface area contributed by atoms with E-state index in [-0.39, 0.29) is 18.0 Å². The Kier molecular flexibility index (Phi) is 3.53. The predicted octanol–water partition coefficient (Wildman–Crippen LogP) is -1.02. The van der Waals surface area contributed by atoms with Crippen molar-refractivity contribution in [3.63, 3.8) is 0 Å². The third kappa shape index (κ3) is 2.91. The number of aryl methyl sites for hydroxylation is 1. The minimum absolute atomic E-state index is 0.0269. The summed E-state index contributed by atoms with van der Waals surface area (Å²) in [5, 5.41) is 7.13. The highest BCUT2D eigenvalue weighted by molar-refractivity contribution is 5.76. The second-order valence-electron chi connectivity index (χ2n) is 4.16. The monoisotopic (exact) mass is 236 g/mol. The second-order valence-corrected chi connectivity index (χ2v) is 4.16. The van der Waals surface area contributed by atoms with Gasteiger partial charge in [0.25, 0.3) is 5.56 Å². The van der Waals surface area contributed by atoms with Gasteiger partial charge in [0, 0.05) is 32.2 Å². The summed E-state index contributed by atoms with van der Waals surface area (Å²) in [7, 11) is 0. The van der Waals surface area contributed by atoms with Crippen LogP contribution in [0.2, 0.25) is 0 Å². The highest BCUT2D eigenvalue weighted by atomic mass is 16.2. The van der Waals surface area contributed by atoms with E-state index in [1.54, 1.807) is 18.0 Å². The maximum atomic E-state index is 11.9. The van der Waals surface area contributed by atoms with E-state index in [0.717, 1.165) is 18.7 Å². The quantitative estimate of drug-likeness (QED) is 0.714. The fraction of sp³-hybridized carbons (Fsp3) is 0.545. The van der Waals surface area contributed by atoms with E-state index in [2.05, 4.69) is 10.4 Å². The fourth-order valence-corrected chi connectivity index (χ4v) is 1.79. The van der Waals surface area contributed by atoms with Gasteiger partial charge in [-0.25, -0.2) is 4.68 Å². The van der Waals surface area contributed by atoms with Gasteiger partial charge in [0.1, 0.15) is 6.54 Å². The van der Waals surface area contributed by atoms with Gasteiger partial charge in [0.05, 0.1) is 6.20 Å². The Labute approximate surface area is 99.2 Å². The van der Waals surface area contributed by atoms with Crippen molar-refractivity contribution in [2.24, 2.45) is 0 Å². The van der Waals surface area contributed by atoms with Gasteiger partial charge < -0.3 is 10.2 Å². The summed E-state index contributed by atoms with van der Waals surface area (Å²) in [6.07, 6.45) is 1.59. The van der Waals surface area contributed by atoms with Gasteiger partial charge in [-0.1, -0.05) is 0 Å². The third-order valence-corrected chi connectivity index (χ3v) is 2.76. The molecule has 92 valence electrons. The van der Waals surface area contributed by atoms with Crippen LogP contribution in [-0.2, 0) is 11.3 Å². The summed E-state index contributed by atoms with van der Waals surface area (Å²) in [6.45, 7) is 4.83. The maximum Gasteiger partial charge on any atom is 0.267 e. The Bertz CT molecular complexity index is 463. The third-order valence-electron chi connectivity index (χ3n) is 2.76. The minimum Gasteiger partial charge on any atom is -0.339 e. The van der Waals surface area contributed by atoms with Crippen molar-refractivity contribution in [3.05, 3.63) is 28.2 Å². The number of nitrogens with zero attached hydrogens (tertiary/aromatic N) is 3. The van der Waals surface area contributed by atoms with Crippen LogP contribution >= 0.6 is 0 Å². The van der Waals surface area contributed by atoms with Gasteiger partial charge in [-0.05, 0) is 12.5 Å². The SMILES string of the molecule is Cc1cnn(CC(=O)N2CCNCC2)c(=O)c1. The Morgan fingerprint density at radius 3 is 2.82 bits per heavy atom. The molecule has 0 aliphatic carbocycles. The lowest BCUT2D eigenvalue weighted by Crippen LogP contribution is -2.48. The van der Waals surface area contributed by atoms with Gasteiger partial charge >= 0.3 is 0 Å². The molecular weight excluding hydrogens is 220 g/mol. The molecule has 1 fully saturated rings. The Morgan fingerprint density at radius 1 is 1.47 bits per heavy atom. The van der Waals surface area contributed by atoms with Crippen molar-refractivity contribution in [2.45, 2.75) is 13.5 Å². The summed E-state index contributed by atoms with van der Waals surface area (Å²) < 4.78 is 1.21. The van der Waals surface area contributed by atoms with Crippen LogP contribution in [0.4, 0.5) is 0 Å². The van der Waals surface area contributed by atoms with Gasteiger partial charge in [-0.3, -0.25) is 9.59 Å². The summed E-state index contributed by atoms with van der Waals surface area (Å²) >= 11 is 0. The van der Waals surface area contributed by atoms with E-state index in [9.17, 15) is 9.59 Å². The molecule has 1 aromatic rings. The van der Waals surface area contributed by atoms with Crippen LogP contribution in [0.25, 0.3) is 0 Å². The first kappa shape index (κ1) is 11.8. The maximum absolute atomic E-state index is 11.9. The summed E-state index contributed by atoms with van der Waals surface area (Å²) in [5.41, 5.74) is 0.578. The summed E-state index contributed by atoms with van der Waals surface area (Å²) in [6, 6.07) is 1.48. The zero-order valence-corrected chi connectivity index (χ0v) is 9.85. The highest BCUT2D eigenvalue weighted by Crippen LogP contribution is 1.95. The summed E-state index contributed by atoms with van der Waals surface area (Å²) in [4.78, 5) is 25.2. The Balaban J connectivity index is 2.04. The standard InChI is InChI=1S/C11H16N4O2/c1-9-6-10(16)15(13-7-9)8-11(17)14-4-2-12-3-5-14/h6-7,12H,2-5,8H2,1H3. The van der Waals surface area contributed by atoms with Crippen molar-refractivity contribution < 1.29 is 4.79 Å². The molecule has 1 aliphatic heterocycles. The molecule has 2 heterocycles. The van der Waals surface area contributed by atoms with Crippen molar-refractivity contribution in [1.29, 1.82) is 0 Å². The molecular formula is C11H16N4O2. The molecule has 0 spiro atoms. The fourth-order valence-electron chi connectivity index (χ4n) is 1.79. The minimum atomic E-state index is -0.228. The van der Waals surface area contributed by atoms with E-state index in [1.165, 1.54) is 10.7 Å². The molecule has 0 unspecified atom stereocenters. The molecule has 0 aromatic carbocycles. The Morgan fingerprint density at radius 2 is 2.18 bits per heavy atom. The molecule has 6 nitrogen and oxygen atoms in total. The molecule has 0 atom stereocenters. The van der Waals surface area contributed by atoms with Gasteiger partial charge in [-0.2, -0.15) is 5.10 Å². The lowest BCUT2D eigenvalue weighted by Gasteiger charge is -2.27. The molecule has 0 bridgehead atoms. The van der Waals surface area contributed by atoms with E-state index in [4.69, 9.17) is 0 Å². The first-order chi connectivity index (χ1) is 8.16. The second kappa shape index (κ2) is 5.09. The Hall–Kier alpha value is -1.69. The van der Waals surface area contributed by atoms with Crippen LogP contribution < -0.4 is 10.9 Å². The molecule has 1 amide bonds. The number of piperazine rings is 1. The number of hydrogen-bond acceptors (Lipinski definition) is 4. The average Bonchev–Trinajstić information content (AvgIpc) is 2.34. The van der Waals surface area contributed by atoms with Crippen LogP contribution in [0.5, 0.6) is 0 Å². The largest absolute Gasteiger partial charge is 0.339 e. The van der Waals surface area contributed by atoms with E-state index < -0.39 is 0 Å². The van der Waals surface area contributed by atoms with Crippen LogP contribution in [0.15, 0.2) is 17.1 Å². The number of carbonyl (C=O) groups is 1. The average molecular weight is 236 g/mol. The van der Waals surface area contributed by atoms with Gasteiger partial charge in [0.2, 0.25) is 5.91 Å². The van der Waals surface area contributed by atoms with E-state index in [1.807, 2.05) is 0 Å². The first-order valence-corrected chi connectivity index (χ1v) is 5.69. The van der Waals surface area contributed by atoms with Crippen molar-refractivity contribution >= 4 is 5.91 Å². The molecule has 2 rings (SSSR count). The predicted molar refractivity (Wildman–Crippen MR) is 62.7 cm³/mol. The van der Waals surface area contributed by atoms with Crippen LogP contribution in [0.3, 0.4) is 0 Å². The molecule has 0 radical (unpaired) electrons. The van der Waals surface area contributed by atoms with Crippen LogP contribution in [-0.4, -0.2) is 46.8 Å². The van der Waals surface area contributed by atoms with Crippen molar-refractivity contribution in [2.75, 3.05) is 26.2 Å². The lowest BCUT2D eigenvalue weighted by atomic mass is 10.3. The molecule has 17 heavy (non-hydrogen) atoms. The number of rotatable bonds is 2. The zero-order valence-electron chi connectivity index (χ0n) is 9.85. The van der Waals surface area contributed by atoms with Crippen molar-refractivity contribution in [3.8, 4) is 0 Å². The highest BCUT2D eigenvalue weighted by Gasteiger charge is 2.16. The van der Waals surface area contributed by atoms with Gasteiger partial charge in [0.15, 0.2) is 0 Å². The topological polar surface area (TPSA) is 67.2 Å². The first-order valence-electron chi connectivity index (χ1n) is 5.69. The normalized spacial score (nSPS) is 15.9. The zero-order chi connectivity index (χ0) is 12.3. The van der Waals surface area contributed by atoms with E-state index in [0.29, 0.717) is 13.1 Å². The number of carbonyl (C=O) groups excluding carboxylic acids is 1. The van der Waals surface area contributed by atoms with Gasteiger partial charge in [-0.15, -0.1) is 0 Å². The molecule has 0 saturated carbocycles. The van der Waals surface area contributed by atoms with Crippen LogP contribution in [0, 0.1) is 6.92 Å². The number of hydrogen-bond donors (Lipinski definition) is 1. The van der Waals surface area contributed by atoms with Crippen molar-refractivity contribution in [1.82, 2.24) is 20.0 Å². The van der Waals surface area contributed by atoms with Crippen LogP contribution in [0.1, 0.15) is 5.56 Å². The van der Waals surface area contributed by atoms with E-state index >= 15 is 0 Å². The number of amides is 1. The number of aromatic nitrogens is 2. The molecule has 1 saturated heterocycles. The smallest absolute Gasteiger partial charge is 0.267 e. The molecule has 1 aromatic heterocycles. The molecule has 1 N–H and O–H groups in total. The number of nitrogens with one attached hydrogen (secondary N) is 1. The summed E-state index contributed by atoms with van der Waals surface area (Å²) in [5.74, 6) is -0.0510. The molecule has 1 aliphatic rings. The lowest BCUT2D eigenvalue weighted by molar-refractivity contribution is -0.132.